The number of ether oxygens (including phenoxy) is 1. The number of aryl methyl sites for hydroxylation is 1. The van der Waals surface area contributed by atoms with Crippen molar-refractivity contribution < 1.29 is 14.5 Å². The van der Waals surface area contributed by atoms with E-state index in [1.165, 1.54) is 18.2 Å². The fraction of sp³-hybridized carbons (Fsp3) is 0.238. The molecule has 0 unspecified atom stereocenters. The van der Waals surface area contributed by atoms with Crippen LogP contribution in [0.5, 0.6) is 0 Å². The second-order valence-electron chi connectivity index (χ2n) is 6.90. The Kier molecular flexibility index (Phi) is 5.73. The minimum absolute atomic E-state index is 0.00406. The second kappa shape index (κ2) is 8.60. The number of nitro benzene ring substituents is 1. The number of carbonyl (C=O) groups is 1. The van der Waals surface area contributed by atoms with E-state index < -0.39 is 4.92 Å². The van der Waals surface area contributed by atoms with E-state index in [2.05, 4.69) is 10.2 Å². The van der Waals surface area contributed by atoms with Crippen molar-refractivity contribution in [3.63, 3.8) is 0 Å². The van der Waals surface area contributed by atoms with Crippen LogP contribution in [0, 0.1) is 17.0 Å². The number of amides is 1. The van der Waals surface area contributed by atoms with E-state index >= 15 is 0 Å². The molecule has 1 amide bonds. The molecular weight excluding hydrogens is 404 g/mol. The van der Waals surface area contributed by atoms with Crippen molar-refractivity contribution in [1.82, 2.24) is 4.98 Å². The van der Waals surface area contributed by atoms with Gasteiger partial charge in [-0.1, -0.05) is 12.1 Å². The van der Waals surface area contributed by atoms with Gasteiger partial charge in [-0.05, 0) is 31.2 Å². The van der Waals surface area contributed by atoms with Gasteiger partial charge in [-0.15, -0.1) is 11.3 Å². The third kappa shape index (κ3) is 4.32. The largest absolute Gasteiger partial charge is 0.378 e. The summed E-state index contributed by atoms with van der Waals surface area (Å²) in [4.78, 5) is 29.9. The van der Waals surface area contributed by atoms with E-state index in [4.69, 9.17) is 9.72 Å². The topological polar surface area (TPSA) is 97.6 Å². The van der Waals surface area contributed by atoms with Crippen LogP contribution >= 0.6 is 11.3 Å². The highest BCUT2D eigenvalue weighted by Crippen LogP contribution is 2.29. The fourth-order valence-corrected chi connectivity index (χ4v) is 4.11. The fourth-order valence-electron chi connectivity index (χ4n) is 3.23. The van der Waals surface area contributed by atoms with Crippen LogP contribution in [-0.4, -0.2) is 42.1 Å². The van der Waals surface area contributed by atoms with Crippen LogP contribution in [0.2, 0.25) is 0 Å². The Morgan fingerprint density at radius 1 is 1.20 bits per heavy atom. The van der Waals surface area contributed by atoms with Crippen molar-refractivity contribution in [3.8, 4) is 11.3 Å². The van der Waals surface area contributed by atoms with Gasteiger partial charge in [0, 0.05) is 46.9 Å². The summed E-state index contributed by atoms with van der Waals surface area (Å²) in [6, 6.07) is 11.8. The van der Waals surface area contributed by atoms with Crippen molar-refractivity contribution >= 4 is 33.8 Å². The van der Waals surface area contributed by atoms with E-state index in [-0.39, 0.29) is 11.6 Å². The number of hydrogen-bond acceptors (Lipinski definition) is 7. The van der Waals surface area contributed by atoms with E-state index in [0.29, 0.717) is 16.8 Å². The molecule has 8 nitrogen and oxygen atoms in total. The number of hydrogen-bond donors (Lipinski definition) is 1. The molecule has 1 aromatic heterocycles. The molecule has 1 saturated heterocycles. The highest BCUT2D eigenvalue weighted by Gasteiger charge is 2.16. The standard InChI is InChI=1S/C21H20N4O4S/c1-14-12-16(4-7-19(14)25(27)28)20(26)22-17-5-2-15(3-6-17)18-13-30-21(23-18)24-8-10-29-11-9-24/h2-7,12-13H,8-11H2,1H3,(H,22,26). The van der Waals surface area contributed by atoms with Crippen LogP contribution in [-0.2, 0) is 4.74 Å². The summed E-state index contributed by atoms with van der Waals surface area (Å²) in [6.07, 6.45) is 0. The van der Waals surface area contributed by atoms with E-state index in [9.17, 15) is 14.9 Å². The summed E-state index contributed by atoms with van der Waals surface area (Å²) < 4.78 is 5.38. The Bertz CT molecular complexity index is 1070. The zero-order valence-corrected chi connectivity index (χ0v) is 17.1. The average molecular weight is 424 g/mol. The van der Waals surface area contributed by atoms with E-state index in [0.717, 1.165) is 42.7 Å². The molecule has 154 valence electrons. The Labute approximate surface area is 177 Å². The van der Waals surface area contributed by atoms with E-state index in [1.807, 2.05) is 29.6 Å². The number of anilines is 2. The molecule has 1 fully saturated rings. The number of benzene rings is 2. The number of morpholine rings is 1. The lowest BCUT2D eigenvalue weighted by atomic mass is 10.1. The number of nitrogens with one attached hydrogen (secondary N) is 1. The van der Waals surface area contributed by atoms with Gasteiger partial charge in [0.1, 0.15) is 0 Å². The number of aromatic nitrogens is 1. The van der Waals surface area contributed by atoms with Gasteiger partial charge < -0.3 is 15.0 Å². The predicted molar refractivity (Wildman–Crippen MR) is 116 cm³/mol. The third-order valence-electron chi connectivity index (χ3n) is 4.87. The van der Waals surface area contributed by atoms with Gasteiger partial charge in [-0.2, -0.15) is 0 Å². The maximum atomic E-state index is 12.5. The molecule has 2 aromatic carbocycles. The molecule has 0 atom stereocenters. The predicted octanol–water partition coefficient (Wildman–Crippen LogP) is 4.12. The summed E-state index contributed by atoms with van der Waals surface area (Å²) in [5.41, 5.74) is 3.32. The summed E-state index contributed by atoms with van der Waals surface area (Å²) >= 11 is 1.61. The minimum Gasteiger partial charge on any atom is -0.378 e. The van der Waals surface area contributed by atoms with Crippen molar-refractivity contribution in [1.29, 1.82) is 0 Å². The minimum atomic E-state index is -0.460. The first-order valence-corrected chi connectivity index (χ1v) is 10.3. The lowest BCUT2D eigenvalue weighted by molar-refractivity contribution is -0.385. The quantitative estimate of drug-likeness (QED) is 0.489. The smallest absolute Gasteiger partial charge is 0.272 e. The van der Waals surface area contributed by atoms with Crippen LogP contribution < -0.4 is 10.2 Å². The zero-order chi connectivity index (χ0) is 21.1. The summed E-state index contributed by atoms with van der Waals surface area (Å²) in [5.74, 6) is -0.316. The molecule has 3 aromatic rings. The maximum Gasteiger partial charge on any atom is 0.272 e. The van der Waals surface area contributed by atoms with Gasteiger partial charge in [0.15, 0.2) is 5.13 Å². The van der Waals surface area contributed by atoms with Crippen LogP contribution in [0.1, 0.15) is 15.9 Å². The number of carbonyl (C=O) groups excluding carboxylic acids is 1. The molecule has 0 spiro atoms. The molecule has 2 heterocycles. The molecular formula is C21H20N4O4S. The number of rotatable bonds is 5. The van der Waals surface area contributed by atoms with Crippen LogP contribution in [0.25, 0.3) is 11.3 Å². The van der Waals surface area contributed by atoms with Crippen LogP contribution in [0.15, 0.2) is 47.8 Å². The van der Waals surface area contributed by atoms with Gasteiger partial charge in [-0.25, -0.2) is 4.98 Å². The van der Waals surface area contributed by atoms with Crippen molar-refractivity contribution in [2.24, 2.45) is 0 Å². The number of nitro groups is 1. The molecule has 1 N–H and O–H groups in total. The van der Waals surface area contributed by atoms with Gasteiger partial charge in [0.05, 0.1) is 23.8 Å². The Balaban J connectivity index is 1.44. The zero-order valence-electron chi connectivity index (χ0n) is 16.3. The second-order valence-corrected chi connectivity index (χ2v) is 7.74. The molecule has 0 radical (unpaired) electrons. The number of nitrogens with zero attached hydrogens (tertiary/aromatic N) is 3. The van der Waals surface area contributed by atoms with Gasteiger partial charge in [-0.3, -0.25) is 14.9 Å². The lowest BCUT2D eigenvalue weighted by Crippen LogP contribution is -2.36. The summed E-state index contributed by atoms with van der Waals surface area (Å²) in [5, 5.41) is 16.8. The Morgan fingerprint density at radius 2 is 1.93 bits per heavy atom. The van der Waals surface area contributed by atoms with Crippen LogP contribution in [0.4, 0.5) is 16.5 Å². The highest BCUT2D eigenvalue weighted by atomic mass is 32.1. The Hall–Kier alpha value is -3.30. The van der Waals surface area contributed by atoms with Crippen molar-refractivity contribution in [2.75, 3.05) is 36.5 Å². The molecule has 4 rings (SSSR count). The lowest BCUT2D eigenvalue weighted by Gasteiger charge is -2.26. The summed E-state index contributed by atoms with van der Waals surface area (Å²) in [7, 11) is 0. The molecule has 1 aliphatic rings. The van der Waals surface area contributed by atoms with Crippen molar-refractivity contribution in [2.45, 2.75) is 6.92 Å². The molecule has 9 heteroatoms. The normalized spacial score (nSPS) is 13.8. The molecule has 0 saturated carbocycles. The van der Waals surface area contributed by atoms with E-state index in [1.54, 1.807) is 18.3 Å². The Morgan fingerprint density at radius 3 is 2.60 bits per heavy atom. The first-order valence-electron chi connectivity index (χ1n) is 9.46. The molecule has 0 aliphatic carbocycles. The maximum absolute atomic E-state index is 12.5. The molecule has 0 bridgehead atoms. The van der Waals surface area contributed by atoms with Gasteiger partial charge in [0.25, 0.3) is 11.6 Å². The average Bonchev–Trinajstić information content (AvgIpc) is 3.25. The number of thiazole rings is 1. The van der Waals surface area contributed by atoms with Crippen LogP contribution in [0.3, 0.4) is 0 Å². The summed E-state index contributed by atoms with van der Waals surface area (Å²) in [6.45, 7) is 4.75. The first kappa shape index (κ1) is 20.0. The molecule has 1 aliphatic heterocycles. The molecule has 30 heavy (non-hydrogen) atoms. The SMILES string of the molecule is Cc1cc(C(=O)Nc2ccc(-c3csc(N4CCOCC4)n3)cc2)ccc1[N+](=O)[O-]. The van der Waals surface area contributed by atoms with Gasteiger partial charge in [0.2, 0.25) is 0 Å². The highest BCUT2D eigenvalue weighted by molar-refractivity contribution is 7.14. The monoisotopic (exact) mass is 424 g/mol. The van der Waals surface area contributed by atoms with Gasteiger partial charge >= 0.3 is 0 Å². The van der Waals surface area contributed by atoms with Crippen molar-refractivity contribution in [3.05, 3.63) is 69.1 Å². The third-order valence-corrected chi connectivity index (χ3v) is 5.77. The first-order chi connectivity index (χ1) is 14.5.